The van der Waals surface area contributed by atoms with E-state index in [-0.39, 0.29) is 0 Å². The average molecular weight is 247 g/mol. The number of aromatic nitrogens is 2. The van der Waals surface area contributed by atoms with Gasteiger partial charge in [0, 0.05) is 28.9 Å². The Kier molecular flexibility index (Phi) is 2.99. The lowest BCUT2D eigenvalue weighted by Crippen LogP contribution is -2.09. The third-order valence-electron chi connectivity index (χ3n) is 2.50. The van der Waals surface area contributed by atoms with Crippen LogP contribution in [0.15, 0.2) is 36.9 Å². The molecule has 0 unspecified atom stereocenters. The first-order valence-electron chi connectivity index (χ1n) is 5.19. The Labute approximate surface area is 100 Å². The number of hydrogen-bond donors (Lipinski definition) is 1. The second-order valence-electron chi connectivity index (χ2n) is 4.25. The van der Waals surface area contributed by atoms with Gasteiger partial charge < -0.3 is 10.3 Å². The van der Waals surface area contributed by atoms with Gasteiger partial charge in [0.15, 0.2) is 0 Å². The van der Waals surface area contributed by atoms with E-state index in [2.05, 4.69) is 9.97 Å². The van der Waals surface area contributed by atoms with E-state index >= 15 is 0 Å². The molecule has 0 bridgehead atoms. The molecule has 4 nitrogen and oxygen atoms in total. The Morgan fingerprint density at radius 3 is 2.35 bits per heavy atom. The van der Waals surface area contributed by atoms with Crippen molar-refractivity contribution in [3.8, 4) is 11.1 Å². The number of nitrogens with zero attached hydrogens (tertiary/aromatic N) is 2. The summed E-state index contributed by atoms with van der Waals surface area (Å²) in [6.07, 6.45) is 4.92. The van der Waals surface area contributed by atoms with Crippen molar-refractivity contribution in [2.24, 2.45) is 0 Å². The van der Waals surface area contributed by atoms with Gasteiger partial charge in [-0.15, -0.1) is 0 Å². The maximum atomic E-state index is 12.1. The molecule has 0 saturated heterocycles. The summed E-state index contributed by atoms with van der Waals surface area (Å²) in [5, 5.41) is 0.707. The highest BCUT2D eigenvalue weighted by atomic mass is 31.2. The van der Waals surface area contributed by atoms with E-state index in [0.717, 1.165) is 11.1 Å². The molecule has 2 rings (SSSR count). The minimum atomic E-state index is -2.37. The number of anilines is 1. The third kappa shape index (κ3) is 2.53. The molecule has 0 amide bonds. The van der Waals surface area contributed by atoms with Crippen LogP contribution in [0.1, 0.15) is 0 Å². The highest BCUT2D eigenvalue weighted by Crippen LogP contribution is 2.38. The maximum Gasteiger partial charge on any atom is 0.115 e. The molecule has 0 saturated carbocycles. The van der Waals surface area contributed by atoms with Crippen molar-refractivity contribution < 1.29 is 4.57 Å². The predicted octanol–water partition coefficient (Wildman–Crippen LogP) is 1.97. The quantitative estimate of drug-likeness (QED) is 0.650. The molecule has 1 heterocycles. The van der Waals surface area contributed by atoms with E-state index in [0.29, 0.717) is 11.0 Å². The van der Waals surface area contributed by atoms with Crippen molar-refractivity contribution in [1.29, 1.82) is 0 Å². The molecule has 0 aliphatic carbocycles. The van der Waals surface area contributed by atoms with Gasteiger partial charge in [0.05, 0.1) is 0 Å². The van der Waals surface area contributed by atoms with E-state index < -0.39 is 7.14 Å². The van der Waals surface area contributed by atoms with Crippen LogP contribution in [-0.4, -0.2) is 23.3 Å². The lowest BCUT2D eigenvalue weighted by Gasteiger charge is -2.12. The van der Waals surface area contributed by atoms with Gasteiger partial charge in [0.25, 0.3) is 0 Å². The first-order chi connectivity index (χ1) is 7.98. The van der Waals surface area contributed by atoms with E-state index in [1.54, 1.807) is 31.8 Å². The Hall–Kier alpha value is -1.67. The molecule has 88 valence electrons. The van der Waals surface area contributed by atoms with Crippen molar-refractivity contribution in [1.82, 2.24) is 9.97 Å². The molecule has 2 N–H and O–H groups in total. The van der Waals surface area contributed by atoms with Gasteiger partial charge in [0.2, 0.25) is 0 Å². The van der Waals surface area contributed by atoms with E-state index in [1.807, 2.05) is 12.1 Å². The standard InChI is InChI=1S/C12H14N3OP/c1-17(2,16)12-5-9(3-4-11(12)13)10-6-14-8-15-7-10/h3-8H,13H2,1-2H3. The highest BCUT2D eigenvalue weighted by molar-refractivity contribution is 7.70. The minimum absolute atomic E-state index is 0.568. The molecule has 0 aliphatic rings. The van der Waals surface area contributed by atoms with E-state index in [4.69, 9.17) is 5.73 Å². The van der Waals surface area contributed by atoms with E-state index in [9.17, 15) is 4.57 Å². The lowest BCUT2D eigenvalue weighted by atomic mass is 10.1. The van der Waals surface area contributed by atoms with Crippen LogP contribution < -0.4 is 11.0 Å². The largest absolute Gasteiger partial charge is 0.398 e. The molecular formula is C12H14N3OP. The van der Waals surface area contributed by atoms with Gasteiger partial charge >= 0.3 is 0 Å². The highest BCUT2D eigenvalue weighted by Gasteiger charge is 2.15. The van der Waals surface area contributed by atoms with Crippen molar-refractivity contribution in [2.45, 2.75) is 0 Å². The zero-order valence-corrected chi connectivity index (χ0v) is 10.7. The van der Waals surface area contributed by atoms with Crippen LogP contribution >= 0.6 is 7.14 Å². The third-order valence-corrected chi connectivity index (χ3v) is 4.05. The fourth-order valence-electron chi connectivity index (χ4n) is 1.64. The number of benzene rings is 1. The van der Waals surface area contributed by atoms with Crippen LogP contribution in [0.2, 0.25) is 0 Å². The van der Waals surface area contributed by atoms with Gasteiger partial charge in [-0.3, -0.25) is 0 Å². The maximum absolute atomic E-state index is 12.1. The molecule has 1 aromatic heterocycles. The normalized spacial score (nSPS) is 11.4. The van der Waals surface area contributed by atoms with Crippen molar-refractivity contribution in [2.75, 3.05) is 19.1 Å². The van der Waals surface area contributed by atoms with Gasteiger partial charge in [-0.1, -0.05) is 6.07 Å². The summed E-state index contributed by atoms with van der Waals surface area (Å²) in [7, 11) is -2.37. The fourth-order valence-corrected chi connectivity index (χ4v) is 2.78. The molecule has 0 fully saturated rings. The second kappa shape index (κ2) is 4.30. The molecular weight excluding hydrogens is 233 g/mol. The van der Waals surface area contributed by atoms with Gasteiger partial charge in [-0.2, -0.15) is 0 Å². The zero-order chi connectivity index (χ0) is 12.5. The summed E-state index contributed by atoms with van der Waals surface area (Å²) in [6, 6.07) is 5.51. The zero-order valence-electron chi connectivity index (χ0n) is 9.79. The summed E-state index contributed by atoms with van der Waals surface area (Å²) >= 11 is 0. The minimum Gasteiger partial charge on any atom is -0.398 e. The van der Waals surface area contributed by atoms with Crippen LogP contribution in [0.4, 0.5) is 5.69 Å². The van der Waals surface area contributed by atoms with Crippen LogP contribution in [0, 0.1) is 0 Å². The lowest BCUT2D eigenvalue weighted by molar-refractivity contribution is 0.588. The molecule has 0 atom stereocenters. The van der Waals surface area contributed by atoms with Crippen LogP contribution in [0.3, 0.4) is 0 Å². The first kappa shape index (κ1) is 11.8. The summed E-state index contributed by atoms with van der Waals surface area (Å²) in [6.45, 7) is 3.42. The molecule has 2 aromatic rings. The number of hydrogen-bond acceptors (Lipinski definition) is 4. The fraction of sp³-hybridized carbons (Fsp3) is 0.167. The second-order valence-corrected chi connectivity index (χ2v) is 7.44. The summed E-state index contributed by atoms with van der Waals surface area (Å²) in [4.78, 5) is 7.93. The molecule has 1 aromatic carbocycles. The SMILES string of the molecule is CP(C)(=O)c1cc(-c2cncnc2)ccc1N. The number of nitrogen functional groups attached to an aromatic ring is 1. The molecule has 0 radical (unpaired) electrons. The van der Waals surface area contributed by atoms with Crippen molar-refractivity contribution >= 4 is 18.1 Å². The van der Waals surface area contributed by atoms with Crippen LogP contribution in [0.25, 0.3) is 11.1 Å². The van der Waals surface area contributed by atoms with E-state index in [1.165, 1.54) is 6.33 Å². The Balaban J connectivity index is 2.56. The Bertz CT molecular complexity index is 578. The van der Waals surface area contributed by atoms with Crippen LogP contribution in [-0.2, 0) is 4.57 Å². The van der Waals surface area contributed by atoms with Gasteiger partial charge in [0.1, 0.15) is 13.5 Å². The van der Waals surface area contributed by atoms with Gasteiger partial charge in [-0.05, 0) is 31.0 Å². The number of rotatable bonds is 2. The summed E-state index contributed by atoms with van der Waals surface area (Å²) in [5.74, 6) is 0. The van der Waals surface area contributed by atoms with Crippen LogP contribution in [0.5, 0.6) is 0 Å². The summed E-state index contributed by atoms with van der Waals surface area (Å²) < 4.78 is 12.1. The topological polar surface area (TPSA) is 68.9 Å². The molecule has 0 aliphatic heterocycles. The number of nitrogens with two attached hydrogens (primary N) is 1. The monoisotopic (exact) mass is 247 g/mol. The molecule has 17 heavy (non-hydrogen) atoms. The predicted molar refractivity (Wildman–Crippen MR) is 71.0 cm³/mol. The average Bonchev–Trinajstić information content (AvgIpc) is 2.29. The Morgan fingerprint density at radius 2 is 1.76 bits per heavy atom. The molecule has 0 spiro atoms. The van der Waals surface area contributed by atoms with Gasteiger partial charge in [-0.25, -0.2) is 9.97 Å². The van der Waals surface area contributed by atoms with Crippen molar-refractivity contribution in [3.05, 3.63) is 36.9 Å². The molecule has 5 heteroatoms. The van der Waals surface area contributed by atoms with Crippen molar-refractivity contribution in [3.63, 3.8) is 0 Å². The smallest absolute Gasteiger partial charge is 0.115 e. The Morgan fingerprint density at radius 1 is 1.12 bits per heavy atom. The summed E-state index contributed by atoms with van der Waals surface area (Å²) in [5.41, 5.74) is 8.24. The first-order valence-corrected chi connectivity index (χ1v) is 7.79.